The van der Waals surface area contributed by atoms with Gasteiger partial charge in [0.05, 0.1) is 0 Å². The Balaban J connectivity index is 2.98. The molecule has 1 fully saturated rings. The van der Waals surface area contributed by atoms with Crippen molar-refractivity contribution in [2.75, 3.05) is 0 Å². The lowest BCUT2D eigenvalue weighted by atomic mass is 9.83. The molecule has 0 aliphatic heterocycles. The van der Waals surface area contributed by atoms with Gasteiger partial charge in [-0.15, -0.1) is 0 Å². The molecule has 13 heavy (non-hydrogen) atoms. The zero-order valence-corrected chi connectivity index (χ0v) is 7.84. The molecule has 0 aromatic heterocycles. The summed E-state index contributed by atoms with van der Waals surface area (Å²) in [6, 6.07) is 1.91. The summed E-state index contributed by atoms with van der Waals surface area (Å²) in [7, 11) is 0. The van der Waals surface area contributed by atoms with E-state index in [4.69, 9.17) is 11.0 Å². The average Bonchev–Trinajstić information content (AvgIpc) is 2.09. The van der Waals surface area contributed by atoms with Crippen molar-refractivity contribution in [3.63, 3.8) is 0 Å². The third kappa shape index (κ3) is 2.09. The Morgan fingerprint density at radius 2 is 2.31 bits per heavy atom. The number of amides is 1. The summed E-state index contributed by atoms with van der Waals surface area (Å²) in [5.41, 5.74) is 6.27. The first-order valence-corrected chi connectivity index (χ1v) is 4.59. The van der Waals surface area contributed by atoms with Gasteiger partial charge in [0.15, 0.2) is 0 Å². The highest BCUT2D eigenvalue weighted by atomic mass is 16.1. The minimum atomic E-state index is -0.578. The Morgan fingerprint density at radius 1 is 1.62 bits per heavy atom. The number of nitrogens with zero attached hydrogens (tertiary/aromatic N) is 1. The van der Waals surface area contributed by atoms with Crippen LogP contribution < -0.4 is 5.73 Å². The molecule has 0 aromatic rings. The highest BCUT2D eigenvalue weighted by Crippen LogP contribution is 2.30. The van der Waals surface area contributed by atoms with E-state index in [0.717, 1.165) is 24.8 Å². The van der Waals surface area contributed by atoms with E-state index in [-0.39, 0.29) is 5.57 Å². The number of primary amides is 1. The molecule has 1 amide bonds. The predicted octanol–water partition coefficient (Wildman–Crippen LogP) is 1.50. The van der Waals surface area contributed by atoms with Gasteiger partial charge in [0, 0.05) is 0 Å². The standard InChI is InChI=1S/C10H14N2O/c1-7-4-2-3-5-8(7)9(6-11)10(12)13/h7H,2-5H2,1H3,(H2,12,13)/b9-8+/t7-/m1/s1. The van der Waals surface area contributed by atoms with Crippen molar-refractivity contribution >= 4 is 5.91 Å². The second-order valence-electron chi connectivity index (χ2n) is 3.52. The molecule has 0 saturated heterocycles. The molecule has 3 nitrogen and oxygen atoms in total. The Bertz CT molecular complexity index is 286. The summed E-state index contributed by atoms with van der Waals surface area (Å²) in [5, 5.41) is 8.76. The highest BCUT2D eigenvalue weighted by Gasteiger charge is 2.20. The Kier molecular flexibility index (Phi) is 3.07. The third-order valence-corrected chi connectivity index (χ3v) is 2.61. The summed E-state index contributed by atoms with van der Waals surface area (Å²) >= 11 is 0. The fourth-order valence-corrected chi connectivity index (χ4v) is 1.84. The third-order valence-electron chi connectivity index (χ3n) is 2.61. The van der Waals surface area contributed by atoms with Gasteiger partial charge in [-0.3, -0.25) is 4.79 Å². The van der Waals surface area contributed by atoms with Crippen molar-refractivity contribution < 1.29 is 4.79 Å². The maximum atomic E-state index is 10.9. The molecule has 1 aliphatic rings. The molecule has 2 N–H and O–H groups in total. The maximum Gasteiger partial charge on any atom is 0.259 e. The number of hydrogen-bond acceptors (Lipinski definition) is 2. The Labute approximate surface area is 78.2 Å². The van der Waals surface area contributed by atoms with Crippen molar-refractivity contribution in [2.24, 2.45) is 11.7 Å². The van der Waals surface area contributed by atoms with Gasteiger partial charge in [-0.05, 0) is 30.8 Å². The largest absolute Gasteiger partial charge is 0.365 e. The number of hydrogen-bond donors (Lipinski definition) is 1. The molecule has 1 rings (SSSR count). The lowest BCUT2D eigenvalue weighted by molar-refractivity contribution is -0.114. The van der Waals surface area contributed by atoms with Crippen molar-refractivity contribution in [3.8, 4) is 6.07 Å². The average molecular weight is 178 g/mol. The van der Waals surface area contributed by atoms with Gasteiger partial charge in [0.2, 0.25) is 0 Å². The molecule has 0 heterocycles. The molecule has 1 aliphatic carbocycles. The normalized spacial score (nSPS) is 26.3. The molecule has 0 aromatic carbocycles. The minimum absolute atomic E-state index is 0.187. The van der Waals surface area contributed by atoms with E-state index in [9.17, 15) is 4.79 Å². The molecule has 70 valence electrons. The van der Waals surface area contributed by atoms with Crippen LogP contribution in [0, 0.1) is 17.2 Å². The monoisotopic (exact) mass is 178 g/mol. The van der Waals surface area contributed by atoms with Crippen LogP contribution in [-0.4, -0.2) is 5.91 Å². The minimum Gasteiger partial charge on any atom is -0.365 e. The van der Waals surface area contributed by atoms with Gasteiger partial charge in [0.1, 0.15) is 11.6 Å². The van der Waals surface area contributed by atoms with E-state index >= 15 is 0 Å². The van der Waals surface area contributed by atoms with Crippen LogP contribution in [0.1, 0.15) is 32.6 Å². The first-order chi connectivity index (χ1) is 6.16. The zero-order chi connectivity index (χ0) is 9.84. The van der Waals surface area contributed by atoms with Gasteiger partial charge in [-0.25, -0.2) is 0 Å². The van der Waals surface area contributed by atoms with Crippen LogP contribution in [0.5, 0.6) is 0 Å². The van der Waals surface area contributed by atoms with Crippen LogP contribution in [0.2, 0.25) is 0 Å². The molecular formula is C10H14N2O. The molecule has 1 saturated carbocycles. The van der Waals surface area contributed by atoms with E-state index < -0.39 is 5.91 Å². The van der Waals surface area contributed by atoms with Crippen LogP contribution in [-0.2, 0) is 4.79 Å². The van der Waals surface area contributed by atoms with Crippen molar-refractivity contribution in [1.29, 1.82) is 5.26 Å². The maximum absolute atomic E-state index is 10.9. The Hall–Kier alpha value is -1.30. The molecule has 0 unspecified atom stereocenters. The van der Waals surface area contributed by atoms with Crippen LogP contribution in [0.15, 0.2) is 11.1 Å². The number of carbonyl (C=O) groups excluding carboxylic acids is 1. The number of nitrogens with two attached hydrogens (primary N) is 1. The van der Waals surface area contributed by atoms with E-state index in [2.05, 4.69) is 6.92 Å². The smallest absolute Gasteiger partial charge is 0.259 e. The Morgan fingerprint density at radius 3 is 2.77 bits per heavy atom. The first-order valence-electron chi connectivity index (χ1n) is 4.59. The molecule has 1 atom stereocenters. The van der Waals surface area contributed by atoms with Crippen LogP contribution >= 0.6 is 0 Å². The van der Waals surface area contributed by atoms with E-state index in [0.29, 0.717) is 5.92 Å². The summed E-state index contributed by atoms with van der Waals surface area (Å²) in [6.07, 6.45) is 4.17. The molecular weight excluding hydrogens is 164 g/mol. The van der Waals surface area contributed by atoms with Crippen LogP contribution in [0.4, 0.5) is 0 Å². The lowest BCUT2D eigenvalue weighted by Gasteiger charge is -2.22. The zero-order valence-electron chi connectivity index (χ0n) is 7.84. The van der Waals surface area contributed by atoms with E-state index in [1.54, 1.807) is 0 Å². The van der Waals surface area contributed by atoms with Gasteiger partial charge in [-0.1, -0.05) is 13.3 Å². The fourth-order valence-electron chi connectivity index (χ4n) is 1.84. The van der Waals surface area contributed by atoms with Gasteiger partial charge in [0.25, 0.3) is 5.91 Å². The fraction of sp³-hybridized carbons (Fsp3) is 0.600. The molecule has 0 radical (unpaired) electrons. The lowest BCUT2D eigenvalue weighted by Crippen LogP contribution is -2.19. The van der Waals surface area contributed by atoms with E-state index in [1.165, 1.54) is 6.42 Å². The van der Waals surface area contributed by atoms with Crippen molar-refractivity contribution in [1.82, 2.24) is 0 Å². The summed E-state index contributed by atoms with van der Waals surface area (Å²) < 4.78 is 0. The quantitative estimate of drug-likeness (QED) is 0.488. The number of rotatable bonds is 1. The SMILES string of the molecule is C[C@@H]1CCCC/C1=C(/C#N)C(N)=O. The molecule has 0 bridgehead atoms. The van der Waals surface area contributed by atoms with Gasteiger partial charge in [-0.2, -0.15) is 5.26 Å². The molecule has 3 heteroatoms. The second kappa shape index (κ2) is 4.08. The van der Waals surface area contributed by atoms with E-state index in [1.807, 2.05) is 6.07 Å². The summed E-state index contributed by atoms with van der Waals surface area (Å²) in [5.74, 6) is -0.234. The van der Waals surface area contributed by atoms with Crippen LogP contribution in [0.3, 0.4) is 0 Å². The topological polar surface area (TPSA) is 66.9 Å². The highest BCUT2D eigenvalue weighted by molar-refractivity contribution is 5.96. The second-order valence-corrected chi connectivity index (χ2v) is 3.52. The predicted molar refractivity (Wildman–Crippen MR) is 49.5 cm³/mol. The number of allylic oxidation sites excluding steroid dienone is 1. The van der Waals surface area contributed by atoms with Gasteiger partial charge >= 0.3 is 0 Å². The number of carbonyl (C=O) groups is 1. The van der Waals surface area contributed by atoms with Crippen molar-refractivity contribution in [2.45, 2.75) is 32.6 Å². The van der Waals surface area contributed by atoms with Gasteiger partial charge < -0.3 is 5.73 Å². The number of nitriles is 1. The molecule has 0 spiro atoms. The van der Waals surface area contributed by atoms with Crippen LogP contribution in [0.25, 0.3) is 0 Å². The summed E-state index contributed by atoms with van der Waals surface area (Å²) in [4.78, 5) is 10.9. The van der Waals surface area contributed by atoms with Crippen molar-refractivity contribution in [3.05, 3.63) is 11.1 Å². The first kappa shape index (κ1) is 9.79. The summed E-state index contributed by atoms with van der Waals surface area (Å²) in [6.45, 7) is 2.05.